The summed E-state index contributed by atoms with van der Waals surface area (Å²) < 4.78 is 0. The Morgan fingerprint density at radius 3 is 2.50 bits per heavy atom. The predicted octanol–water partition coefficient (Wildman–Crippen LogP) is 2.36. The maximum absolute atomic E-state index is 11.4. The second-order valence-electron chi connectivity index (χ2n) is 5.25. The van der Waals surface area contributed by atoms with E-state index in [-0.39, 0.29) is 5.92 Å². The molecule has 0 amide bonds. The van der Waals surface area contributed by atoms with Crippen molar-refractivity contribution in [1.29, 1.82) is 0 Å². The van der Waals surface area contributed by atoms with E-state index in [9.17, 15) is 9.90 Å². The zero-order valence-electron chi connectivity index (χ0n) is 10.2. The number of hydrogen-bond acceptors (Lipinski definition) is 2. The number of rotatable bonds is 3. The molecular formula is C13H23NO2. The van der Waals surface area contributed by atoms with Crippen molar-refractivity contribution in [2.45, 2.75) is 51.5 Å². The smallest absolute Gasteiger partial charge is 0.308 e. The van der Waals surface area contributed by atoms with Crippen molar-refractivity contribution in [3.05, 3.63) is 0 Å². The third kappa shape index (κ3) is 2.24. The number of carboxylic acid groups (broad SMARTS) is 1. The Morgan fingerprint density at radius 1 is 1.25 bits per heavy atom. The molecule has 0 bridgehead atoms. The summed E-state index contributed by atoms with van der Waals surface area (Å²) in [4.78, 5) is 13.8. The summed E-state index contributed by atoms with van der Waals surface area (Å²) in [5, 5.41) is 9.36. The maximum atomic E-state index is 11.4. The molecule has 3 nitrogen and oxygen atoms in total. The summed E-state index contributed by atoms with van der Waals surface area (Å²) in [7, 11) is 0. The van der Waals surface area contributed by atoms with Gasteiger partial charge >= 0.3 is 5.97 Å². The quantitative estimate of drug-likeness (QED) is 0.801. The van der Waals surface area contributed by atoms with Crippen LogP contribution in [-0.2, 0) is 4.79 Å². The molecule has 2 fully saturated rings. The molecule has 2 atom stereocenters. The van der Waals surface area contributed by atoms with Crippen LogP contribution in [0.5, 0.6) is 0 Å². The van der Waals surface area contributed by atoms with Crippen molar-refractivity contribution in [2.24, 2.45) is 11.8 Å². The summed E-state index contributed by atoms with van der Waals surface area (Å²) in [6.45, 7) is 4.26. The van der Waals surface area contributed by atoms with Gasteiger partial charge in [0.15, 0.2) is 0 Å². The standard InChI is InChI=1S/C13H23NO2/c1-2-14-9-5-8-11(13(15)16)12(14)10-6-3-4-7-10/h10-12H,2-9H2,1H3,(H,15,16)/t11-,12+/m0/s1. The van der Waals surface area contributed by atoms with E-state index in [1.54, 1.807) is 0 Å². The largest absolute Gasteiger partial charge is 0.481 e. The van der Waals surface area contributed by atoms with Crippen LogP contribution in [0.2, 0.25) is 0 Å². The van der Waals surface area contributed by atoms with E-state index in [0.717, 1.165) is 25.9 Å². The van der Waals surface area contributed by atoms with E-state index >= 15 is 0 Å². The summed E-state index contributed by atoms with van der Waals surface area (Å²) in [6.07, 6.45) is 7.01. The highest BCUT2D eigenvalue weighted by molar-refractivity contribution is 5.71. The molecule has 1 aliphatic heterocycles. The van der Waals surface area contributed by atoms with Gasteiger partial charge in [-0.2, -0.15) is 0 Å². The molecule has 0 aromatic rings. The van der Waals surface area contributed by atoms with Crippen molar-refractivity contribution in [2.75, 3.05) is 13.1 Å². The topological polar surface area (TPSA) is 40.5 Å². The van der Waals surface area contributed by atoms with E-state index in [1.165, 1.54) is 25.7 Å². The van der Waals surface area contributed by atoms with Gasteiger partial charge in [-0.1, -0.05) is 19.8 Å². The van der Waals surface area contributed by atoms with E-state index in [1.807, 2.05) is 0 Å². The molecule has 0 aromatic carbocycles. The molecule has 2 rings (SSSR count). The number of nitrogens with zero attached hydrogens (tertiary/aromatic N) is 1. The van der Waals surface area contributed by atoms with Crippen LogP contribution in [0.25, 0.3) is 0 Å². The Kier molecular flexibility index (Phi) is 3.85. The van der Waals surface area contributed by atoms with Crippen LogP contribution in [-0.4, -0.2) is 35.1 Å². The SMILES string of the molecule is CCN1CCC[C@H](C(=O)O)[C@H]1C1CCCC1. The van der Waals surface area contributed by atoms with Crippen molar-refractivity contribution in [1.82, 2.24) is 4.90 Å². The molecule has 0 aromatic heterocycles. The van der Waals surface area contributed by atoms with E-state index in [4.69, 9.17) is 0 Å². The Morgan fingerprint density at radius 2 is 1.94 bits per heavy atom. The second-order valence-corrected chi connectivity index (χ2v) is 5.25. The van der Waals surface area contributed by atoms with Crippen LogP contribution in [0, 0.1) is 11.8 Å². The number of carbonyl (C=O) groups is 1. The molecule has 1 aliphatic carbocycles. The highest BCUT2D eigenvalue weighted by Gasteiger charge is 2.40. The lowest BCUT2D eigenvalue weighted by Crippen LogP contribution is -2.51. The minimum absolute atomic E-state index is 0.114. The minimum Gasteiger partial charge on any atom is -0.481 e. The fraction of sp³-hybridized carbons (Fsp3) is 0.923. The summed E-state index contributed by atoms with van der Waals surface area (Å²) in [6, 6.07) is 0.318. The Labute approximate surface area is 97.8 Å². The molecule has 3 heteroatoms. The first kappa shape index (κ1) is 11.9. The van der Waals surface area contributed by atoms with Gasteiger partial charge in [0.25, 0.3) is 0 Å². The molecule has 1 heterocycles. The highest BCUT2D eigenvalue weighted by Crippen LogP contribution is 2.37. The van der Waals surface area contributed by atoms with Crippen molar-refractivity contribution in [3.8, 4) is 0 Å². The van der Waals surface area contributed by atoms with E-state index in [0.29, 0.717) is 12.0 Å². The molecule has 1 saturated heterocycles. The van der Waals surface area contributed by atoms with Crippen molar-refractivity contribution < 1.29 is 9.90 Å². The van der Waals surface area contributed by atoms with Gasteiger partial charge in [0.1, 0.15) is 0 Å². The lowest BCUT2D eigenvalue weighted by molar-refractivity contribution is -0.147. The average Bonchev–Trinajstić information content (AvgIpc) is 2.81. The highest BCUT2D eigenvalue weighted by atomic mass is 16.4. The molecule has 0 spiro atoms. The number of hydrogen-bond donors (Lipinski definition) is 1. The molecule has 92 valence electrons. The minimum atomic E-state index is -0.574. The Bertz CT molecular complexity index is 246. The van der Waals surface area contributed by atoms with Gasteiger partial charge in [0.05, 0.1) is 5.92 Å². The summed E-state index contributed by atoms with van der Waals surface area (Å²) >= 11 is 0. The van der Waals surface area contributed by atoms with Gasteiger partial charge in [-0.3, -0.25) is 9.69 Å². The predicted molar refractivity (Wildman–Crippen MR) is 63.4 cm³/mol. The van der Waals surface area contributed by atoms with Crippen LogP contribution in [0.15, 0.2) is 0 Å². The Balaban J connectivity index is 2.13. The molecule has 2 aliphatic rings. The van der Waals surface area contributed by atoms with Gasteiger partial charge in [0.2, 0.25) is 0 Å². The second kappa shape index (κ2) is 5.17. The molecule has 1 saturated carbocycles. The first-order valence-corrected chi connectivity index (χ1v) is 6.71. The van der Waals surface area contributed by atoms with Crippen LogP contribution in [0.1, 0.15) is 45.4 Å². The summed E-state index contributed by atoms with van der Waals surface area (Å²) in [5.74, 6) is -0.0480. The number of carboxylic acids is 1. The average molecular weight is 225 g/mol. The van der Waals surface area contributed by atoms with Gasteiger partial charge < -0.3 is 5.11 Å². The number of likely N-dealkylation sites (tertiary alicyclic amines) is 1. The van der Waals surface area contributed by atoms with Crippen molar-refractivity contribution in [3.63, 3.8) is 0 Å². The third-order valence-electron chi connectivity index (χ3n) is 4.40. The number of piperidine rings is 1. The fourth-order valence-corrected chi connectivity index (χ4v) is 3.65. The van der Waals surface area contributed by atoms with Gasteiger partial charge in [-0.05, 0) is 44.7 Å². The number of aliphatic carboxylic acids is 1. The molecule has 16 heavy (non-hydrogen) atoms. The third-order valence-corrected chi connectivity index (χ3v) is 4.40. The first-order chi connectivity index (χ1) is 7.74. The van der Waals surface area contributed by atoms with Gasteiger partial charge in [0, 0.05) is 6.04 Å². The molecule has 0 radical (unpaired) electrons. The fourth-order valence-electron chi connectivity index (χ4n) is 3.65. The zero-order chi connectivity index (χ0) is 11.5. The Hall–Kier alpha value is -0.570. The van der Waals surface area contributed by atoms with Crippen LogP contribution >= 0.6 is 0 Å². The van der Waals surface area contributed by atoms with Gasteiger partial charge in [-0.25, -0.2) is 0 Å². The van der Waals surface area contributed by atoms with Crippen LogP contribution in [0.3, 0.4) is 0 Å². The first-order valence-electron chi connectivity index (χ1n) is 6.71. The lowest BCUT2D eigenvalue weighted by Gasteiger charge is -2.42. The molecule has 0 unspecified atom stereocenters. The van der Waals surface area contributed by atoms with E-state index < -0.39 is 5.97 Å². The molecular weight excluding hydrogens is 202 g/mol. The summed E-state index contributed by atoms with van der Waals surface area (Å²) in [5.41, 5.74) is 0. The van der Waals surface area contributed by atoms with Gasteiger partial charge in [-0.15, -0.1) is 0 Å². The van der Waals surface area contributed by atoms with Crippen LogP contribution in [0.4, 0.5) is 0 Å². The van der Waals surface area contributed by atoms with Crippen LogP contribution < -0.4 is 0 Å². The normalized spacial score (nSPS) is 33.1. The molecule has 1 N–H and O–H groups in total. The van der Waals surface area contributed by atoms with E-state index in [2.05, 4.69) is 11.8 Å². The zero-order valence-corrected chi connectivity index (χ0v) is 10.2. The van der Waals surface area contributed by atoms with Crippen molar-refractivity contribution >= 4 is 5.97 Å². The monoisotopic (exact) mass is 225 g/mol. The maximum Gasteiger partial charge on any atom is 0.308 e. The lowest BCUT2D eigenvalue weighted by atomic mass is 9.80.